The van der Waals surface area contributed by atoms with Crippen molar-refractivity contribution in [1.29, 1.82) is 0 Å². The van der Waals surface area contributed by atoms with E-state index in [1.807, 2.05) is 0 Å². The van der Waals surface area contributed by atoms with Gasteiger partial charge >= 0.3 is 0 Å². The van der Waals surface area contributed by atoms with Crippen molar-refractivity contribution in [3.63, 3.8) is 0 Å². The third-order valence-corrected chi connectivity index (χ3v) is 20.4. The molecular weight excluding hydrogens is 711 g/mol. The molecule has 8 fully saturated rings. The van der Waals surface area contributed by atoms with Gasteiger partial charge in [-0.05, 0) is 224 Å². The van der Waals surface area contributed by atoms with Gasteiger partial charge in [0.25, 0.3) is 0 Å². The summed E-state index contributed by atoms with van der Waals surface area (Å²) in [5.41, 5.74) is 2.82. The number of piperidine rings is 2. The lowest BCUT2D eigenvalue weighted by atomic mass is 9.38. The lowest BCUT2D eigenvalue weighted by molar-refractivity contribution is -0.231. The van der Waals surface area contributed by atoms with Crippen molar-refractivity contribution in [3.8, 4) is 0 Å². The van der Waals surface area contributed by atoms with Crippen molar-refractivity contribution < 1.29 is 15.3 Å². The highest BCUT2D eigenvalue weighted by Gasteiger charge is 2.73. The summed E-state index contributed by atoms with van der Waals surface area (Å²) in [5, 5.41) is 42.4. The summed E-state index contributed by atoms with van der Waals surface area (Å²) in [4.78, 5) is 2.75. The average Bonchev–Trinajstić information content (AvgIpc) is 3.78. The Kier molecular flexibility index (Phi) is 9.58. The molecule has 2 heterocycles. The van der Waals surface area contributed by atoms with Crippen LogP contribution >= 0.6 is 0 Å². The molecule has 3 aromatic rings. The van der Waals surface area contributed by atoms with Gasteiger partial charge < -0.3 is 15.3 Å². The second-order valence-corrected chi connectivity index (χ2v) is 23.0. The van der Waals surface area contributed by atoms with Crippen LogP contribution in [-0.2, 0) is 12.8 Å². The summed E-state index contributed by atoms with van der Waals surface area (Å²) in [6.07, 6.45) is 23.4. The van der Waals surface area contributed by atoms with E-state index in [1.54, 1.807) is 0 Å². The number of aliphatic hydroxyl groups excluding tert-OH is 2. The fourth-order valence-corrected chi connectivity index (χ4v) is 18.1. The minimum atomic E-state index is -0.592. The Morgan fingerprint density at radius 1 is 0.759 bits per heavy atom. The van der Waals surface area contributed by atoms with E-state index in [9.17, 15) is 15.3 Å². The zero-order valence-corrected chi connectivity index (χ0v) is 36.3. The molecule has 2 bridgehead atoms. The predicted octanol–water partition coefficient (Wildman–Crippen LogP) is 11.3. The van der Waals surface area contributed by atoms with Gasteiger partial charge in [0.2, 0.25) is 0 Å². The van der Waals surface area contributed by atoms with E-state index in [0.29, 0.717) is 41.5 Å². The minimum absolute atomic E-state index is 0.0136. The molecule has 15 atom stereocenters. The molecule has 0 aromatic heterocycles. The quantitative estimate of drug-likeness (QED) is 0.165. The van der Waals surface area contributed by atoms with Gasteiger partial charge in [0.1, 0.15) is 0 Å². The van der Waals surface area contributed by atoms with Gasteiger partial charge in [-0.1, -0.05) is 69.5 Å². The Labute approximate surface area is 349 Å². The van der Waals surface area contributed by atoms with Gasteiger partial charge in [0, 0.05) is 19.1 Å². The number of rotatable bonds is 7. The van der Waals surface area contributed by atoms with E-state index in [2.05, 4.69) is 74.2 Å². The molecule has 4 nitrogen and oxygen atoms in total. The van der Waals surface area contributed by atoms with Crippen molar-refractivity contribution in [2.45, 2.75) is 173 Å². The highest BCUT2D eigenvalue weighted by atomic mass is 16.3. The number of hydrogen-bond acceptors (Lipinski definition) is 4. The lowest BCUT2D eigenvalue weighted by Gasteiger charge is -2.68. The van der Waals surface area contributed by atoms with Crippen LogP contribution in [0, 0.1) is 63.6 Å². The van der Waals surface area contributed by atoms with Crippen LogP contribution in [0.2, 0.25) is 0 Å². The van der Waals surface area contributed by atoms with Crippen molar-refractivity contribution in [2.75, 3.05) is 13.1 Å². The van der Waals surface area contributed by atoms with E-state index in [0.717, 1.165) is 51.0 Å². The fourth-order valence-electron chi connectivity index (χ4n) is 18.1. The van der Waals surface area contributed by atoms with E-state index in [1.165, 1.54) is 129 Å². The van der Waals surface area contributed by atoms with Crippen LogP contribution < -0.4 is 0 Å². The molecule has 3 aromatic carbocycles. The highest BCUT2D eigenvalue weighted by molar-refractivity contribution is 5.99. The first kappa shape index (κ1) is 38.9. The second-order valence-electron chi connectivity index (χ2n) is 23.0. The SMILES string of the molecule is CCCCCc1cccc2cc3ccc(CC[C@H]4CC[C@@]5(C4)C[C@@]46CCC[C@]7(C[C@H](O)[C@H]4C[C@H]5O)[C@@H]6C[C@H]4[C@@H]5CN6C[C@@H](C)CC[C@H]6[C@@](C)(O)[C@@H]5CC[C@H]47)cc3cc12. The molecule has 0 radical (unpaired) electrons. The van der Waals surface area contributed by atoms with Gasteiger partial charge in [-0.3, -0.25) is 4.90 Å². The highest BCUT2D eigenvalue weighted by Crippen LogP contribution is 2.78. The normalized spacial score (nSPS) is 45.8. The number of hydrogen-bond donors (Lipinski definition) is 3. The maximum Gasteiger partial charge on any atom is 0.0805 e. The Bertz CT molecular complexity index is 2020. The smallest absolute Gasteiger partial charge is 0.0805 e. The van der Waals surface area contributed by atoms with E-state index < -0.39 is 5.60 Å². The third kappa shape index (κ3) is 5.86. The third-order valence-electron chi connectivity index (χ3n) is 20.4. The van der Waals surface area contributed by atoms with Crippen LogP contribution in [0.3, 0.4) is 0 Å². The summed E-state index contributed by atoms with van der Waals surface area (Å²) >= 11 is 0. The molecule has 4 heteroatoms. The van der Waals surface area contributed by atoms with Crippen molar-refractivity contribution in [2.24, 2.45) is 63.6 Å². The molecule has 0 unspecified atom stereocenters. The van der Waals surface area contributed by atoms with Crippen LogP contribution in [0.25, 0.3) is 21.5 Å². The summed E-state index contributed by atoms with van der Waals surface area (Å²) in [6, 6.07) is 19.3. The number of fused-ring (bicyclic) bond motifs is 6. The fraction of sp³-hybridized carbons (Fsp3) is 0.741. The van der Waals surface area contributed by atoms with Crippen LogP contribution in [0.5, 0.6) is 0 Å². The molecule has 6 aliphatic carbocycles. The van der Waals surface area contributed by atoms with E-state index in [4.69, 9.17) is 0 Å². The summed E-state index contributed by atoms with van der Waals surface area (Å²) in [7, 11) is 0. The van der Waals surface area contributed by atoms with Gasteiger partial charge in [-0.25, -0.2) is 0 Å². The summed E-state index contributed by atoms with van der Waals surface area (Å²) in [5.74, 6) is 4.72. The molecular formula is C54H75NO3. The molecule has 58 heavy (non-hydrogen) atoms. The molecule has 2 aliphatic heterocycles. The first-order valence-electron chi connectivity index (χ1n) is 24.8. The van der Waals surface area contributed by atoms with Gasteiger partial charge in [0.15, 0.2) is 0 Å². The maximum atomic E-state index is 12.4. The minimum Gasteiger partial charge on any atom is -0.393 e. The molecule has 3 N–H and O–H groups in total. The monoisotopic (exact) mass is 786 g/mol. The molecule has 8 aliphatic rings. The lowest BCUT2D eigenvalue weighted by Crippen LogP contribution is -2.67. The Morgan fingerprint density at radius 3 is 2.50 bits per heavy atom. The maximum absolute atomic E-state index is 12.4. The number of aryl methyl sites for hydroxylation is 2. The number of nitrogens with zero attached hydrogens (tertiary/aromatic N) is 1. The summed E-state index contributed by atoms with van der Waals surface area (Å²) < 4.78 is 0. The van der Waals surface area contributed by atoms with Gasteiger partial charge in [-0.2, -0.15) is 0 Å². The van der Waals surface area contributed by atoms with Crippen molar-refractivity contribution >= 4 is 21.5 Å². The topological polar surface area (TPSA) is 63.9 Å². The Balaban J connectivity index is 0.829. The molecule has 11 rings (SSSR count). The Morgan fingerprint density at radius 2 is 1.62 bits per heavy atom. The number of benzene rings is 3. The molecule has 2 saturated heterocycles. The first-order valence-corrected chi connectivity index (χ1v) is 24.8. The van der Waals surface area contributed by atoms with Crippen LogP contribution in [0.1, 0.15) is 147 Å². The van der Waals surface area contributed by atoms with Gasteiger partial charge in [-0.15, -0.1) is 0 Å². The van der Waals surface area contributed by atoms with Crippen LogP contribution in [0.15, 0.2) is 48.5 Å². The molecule has 0 amide bonds. The Hall–Kier alpha value is -1.98. The number of unbranched alkanes of at least 4 members (excludes halogenated alkanes) is 2. The zero-order valence-electron chi connectivity index (χ0n) is 36.3. The molecule has 6 saturated carbocycles. The molecule has 314 valence electrons. The van der Waals surface area contributed by atoms with Crippen molar-refractivity contribution in [1.82, 2.24) is 4.90 Å². The second kappa shape index (κ2) is 14.3. The summed E-state index contributed by atoms with van der Waals surface area (Å²) in [6.45, 7) is 9.28. The number of aliphatic hydroxyl groups is 3. The molecule has 2 spiro atoms. The van der Waals surface area contributed by atoms with Crippen LogP contribution in [-0.4, -0.2) is 57.2 Å². The van der Waals surface area contributed by atoms with E-state index in [-0.39, 0.29) is 34.4 Å². The van der Waals surface area contributed by atoms with E-state index >= 15 is 0 Å². The average molecular weight is 786 g/mol. The zero-order chi connectivity index (χ0) is 39.6. The predicted molar refractivity (Wildman–Crippen MR) is 237 cm³/mol. The van der Waals surface area contributed by atoms with Crippen LogP contribution in [0.4, 0.5) is 0 Å². The first-order chi connectivity index (χ1) is 28.0. The van der Waals surface area contributed by atoms with Gasteiger partial charge in [0.05, 0.1) is 17.8 Å². The largest absolute Gasteiger partial charge is 0.393 e. The standard InChI is InChI=1S/C54H75NO3/c1-4-5-6-9-37-10-7-11-39-25-38-16-15-35(24-40(38)26-41(37)39)13-14-36-20-23-52(29-36)33-54-22-8-21-53(30-47(56)46(54)28-50(52)57)45-18-17-44-43(42(45)27-48(53)54)32-55-31-34(2)12-19-49(55)51(44,3)58/h7,10-11,15-16,24-26,34,36,42-50,56-58H,4-6,8-9,12-14,17-23,27-33H2,1-3H3/t34-,36-,42-,43-,44+,45+,46+,47-,48-,49-,50+,51-,52+,53+,54-/m0/s1. The van der Waals surface area contributed by atoms with Crippen molar-refractivity contribution in [3.05, 3.63) is 59.7 Å².